The van der Waals surface area contributed by atoms with Crippen LogP contribution in [-0.4, -0.2) is 15.7 Å². The maximum absolute atomic E-state index is 10.5. The first kappa shape index (κ1) is 8.07. The molecule has 0 amide bonds. The van der Waals surface area contributed by atoms with Crippen molar-refractivity contribution in [3.8, 4) is 0 Å². The molecular formula is C7H8N2OS. The first-order valence-corrected chi connectivity index (χ1v) is 3.78. The van der Waals surface area contributed by atoms with E-state index in [1.807, 2.05) is 6.08 Å². The maximum Gasteiger partial charge on any atom is 0.266 e. The molecule has 4 heteroatoms. The summed E-state index contributed by atoms with van der Waals surface area (Å²) in [5, 5.41) is 0. The summed E-state index contributed by atoms with van der Waals surface area (Å²) in [6.45, 7) is 0. The summed E-state index contributed by atoms with van der Waals surface area (Å²) in [5.74, 6) is 0.667. The Bertz CT molecular complexity index is 285. The quantitative estimate of drug-likeness (QED) is 0.639. The summed E-state index contributed by atoms with van der Waals surface area (Å²) in [5.41, 5.74) is 0.548. The molecule has 0 atom stereocenters. The summed E-state index contributed by atoms with van der Waals surface area (Å²) < 4.78 is 0. The molecule has 0 aliphatic carbocycles. The Morgan fingerprint density at radius 2 is 2.55 bits per heavy atom. The van der Waals surface area contributed by atoms with Gasteiger partial charge in [0.2, 0.25) is 0 Å². The van der Waals surface area contributed by atoms with Crippen molar-refractivity contribution in [2.75, 3.05) is 5.75 Å². The Balaban J connectivity index is 2.82. The van der Waals surface area contributed by atoms with Gasteiger partial charge in [-0.15, -0.1) is 0 Å². The van der Waals surface area contributed by atoms with Gasteiger partial charge >= 0.3 is 0 Å². The number of rotatable bonds is 2. The topological polar surface area (TPSA) is 45.8 Å². The zero-order chi connectivity index (χ0) is 8.10. The predicted molar refractivity (Wildman–Crippen MR) is 47.7 cm³/mol. The van der Waals surface area contributed by atoms with Crippen molar-refractivity contribution in [1.29, 1.82) is 0 Å². The van der Waals surface area contributed by atoms with Crippen molar-refractivity contribution < 1.29 is 0 Å². The number of hydrogen-bond donors (Lipinski definition) is 2. The average Bonchev–Trinajstić information content (AvgIpc) is 2.04. The minimum absolute atomic E-state index is 0.187. The zero-order valence-corrected chi connectivity index (χ0v) is 6.71. The van der Waals surface area contributed by atoms with Crippen LogP contribution >= 0.6 is 12.6 Å². The van der Waals surface area contributed by atoms with Gasteiger partial charge in [-0.2, -0.15) is 12.6 Å². The fraction of sp³-hybridized carbons (Fsp3) is 0.143. The Kier molecular flexibility index (Phi) is 2.92. The molecule has 0 spiro atoms. The lowest BCUT2D eigenvalue weighted by atomic mass is 10.4. The molecule has 1 N–H and O–H groups in total. The first-order valence-electron chi connectivity index (χ1n) is 3.15. The van der Waals surface area contributed by atoms with Crippen molar-refractivity contribution in [2.24, 2.45) is 0 Å². The average molecular weight is 168 g/mol. The molecule has 0 unspecified atom stereocenters. The van der Waals surface area contributed by atoms with Gasteiger partial charge in [0.05, 0.1) is 11.9 Å². The van der Waals surface area contributed by atoms with E-state index in [2.05, 4.69) is 22.6 Å². The zero-order valence-electron chi connectivity index (χ0n) is 5.82. The van der Waals surface area contributed by atoms with Gasteiger partial charge in [-0.1, -0.05) is 6.08 Å². The summed E-state index contributed by atoms with van der Waals surface area (Å²) in [4.78, 5) is 16.9. The lowest BCUT2D eigenvalue weighted by Crippen LogP contribution is -2.04. The fourth-order valence-corrected chi connectivity index (χ4v) is 0.723. The lowest BCUT2D eigenvalue weighted by Gasteiger charge is -1.87. The van der Waals surface area contributed by atoms with Crippen LogP contribution in [0.4, 0.5) is 0 Å². The summed E-state index contributed by atoms with van der Waals surface area (Å²) in [6.07, 6.45) is 6.45. The number of nitrogens with one attached hydrogen (secondary N) is 1. The van der Waals surface area contributed by atoms with Crippen LogP contribution in [0.5, 0.6) is 0 Å². The van der Waals surface area contributed by atoms with Crippen LogP contribution in [0, 0.1) is 0 Å². The second kappa shape index (κ2) is 3.98. The second-order valence-electron chi connectivity index (χ2n) is 1.92. The van der Waals surface area contributed by atoms with E-state index in [9.17, 15) is 4.79 Å². The van der Waals surface area contributed by atoms with Gasteiger partial charge < -0.3 is 4.98 Å². The SMILES string of the molecule is O=c1cnc(C=CCS)c[nH]1. The smallest absolute Gasteiger partial charge is 0.266 e. The van der Waals surface area contributed by atoms with Gasteiger partial charge in [0.25, 0.3) is 5.56 Å². The number of aromatic amines is 1. The highest BCUT2D eigenvalue weighted by Crippen LogP contribution is 1.91. The minimum atomic E-state index is -0.187. The first-order chi connectivity index (χ1) is 5.33. The van der Waals surface area contributed by atoms with Crippen molar-refractivity contribution in [1.82, 2.24) is 9.97 Å². The lowest BCUT2D eigenvalue weighted by molar-refractivity contribution is 1.12. The molecule has 1 heterocycles. The van der Waals surface area contributed by atoms with E-state index in [-0.39, 0.29) is 5.56 Å². The summed E-state index contributed by atoms with van der Waals surface area (Å²) >= 11 is 3.98. The van der Waals surface area contributed by atoms with Crippen molar-refractivity contribution in [3.05, 3.63) is 34.5 Å². The molecule has 1 aromatic heterocycles. The number of hydrogen-bond acceptors (Lipinski definition) is 3. The van der Waals surface area contributed by atoms with Crippen LogP contribution in [0.2, 0.25) is 0 Å². The van der Waals surface area contributed by atoms with E-state index in [0.29, 0.717) is 5.75 Å². The third kappa shape index (κ3) is 2.59. The molecule has 0 saturated carbocycles. The van der Waals surface area contributed by atoms with Crippen LogP contribution in [0.25, 0.3) is 6.08 Å². The van der Waals surface area contributed by atoms with Crippen molar-refractivity contribution in [3.63, 3.8) is 0 Å². The normalized spacial score (nSPS) is 10.6. The monoisotopic (exact) mass is 168 g/mol. The van der Waals surface area contributed by atoms with Crippen LogP contribution in [0.3, 0.4) is 0 Å². The molecule has 0 aliphatic heterocycles. The number of H-pyrrole nitrogens is 1. The molecule has 1 rings (SSSR count). The predicted octanol–water partition coefficient (Wildman–Crippen LogP) is 0.713. The van der Waals surface area contributed by atoms with Crippen LogP contribution in [-0.2, 0) is 0 Å². The van der Waals surface area contributed by atoms with Crippen LogP contribution < -0.4 is 5.56 Å². The molecular weight excluding hydrogens is 160 g/mol. The Morgan fingerprint density at radius 3 is 3.09 bits per heavy atom. The largest absolute Gasteiger partial charge is 0.326 e. The summed E-state index contributed by atoms with van der Waals surface area (Å²) in [6, 6.07) is 0. The van der Waals surface area contributed by atoms with Gasteiger partial charge in [0.1, 0.15) is 0 Å². The highest BCUT2D eigenvalue weighted by Gasteiger charge is 1.85. The Labute approximate surface area is 69.6 Å². The van der Waals surface area contributed by atoms with E-state index < -0.39 is 0 Å². The van der Waals surface area contributed by atoms with E-state index >= 15 is 0 Å². The molecule has 0 aromatic carbocycles. The molecule has 58 valence electrons. The van der Waals surface area contributed by atoms with Gasteiger partial charge in [-0.05, 0) is 6.08 Å². The third-order valence-corrected chi connectivity index (χ3v) is 1.30. The molecule has 0 bridgehead atoms. The van der Waals surface area contributed by atoms with E-state index in [1.165, 1.54) is 6.20 Å². The molecule has 1 aromatic rings. The highest BCUT2D eigenvalue weighted by molar-refractivity contribution is 7.80. The standard InChI is InChI=1S/C7H8N2OS/c10-7-5-8-6(4-9-7)2-1-3-11/h1-2,4-5,11H,3H2,(H,9,10). The second-order valence-corrected chi connectivity index (χ2v) is 2.29. The van der Waals surface area contributed by atoms with Gasteiger partial charge in [0.15, 0.2) is 0 Å². The Morgan fingerprint density at radius 1 is 1.73 bits per heavy atom. The Hall–Kier alpha value is -1.03. The molecule has 0 fully saturated rings. The maximum atomic E-state index is 10.5. The van der Waals surface area contributed by atoms with E-state index in [4.69, 9.17) is 0 Å². The van der Waals surface area contributed by atoms with Crippen LogP contribution in [0.1, 0.15) is 5.69 Å². The number of thiol groups is 1. The summed E-state index contributed by atoms with van der Waals surface area (Å²) in [7, 11) is 0. The molecule has 0 radical (unpaired) electrons. The molecule has 11 heavy (non-hydrogen) atoms. The number of aromatic nitrogens is 2. The van der Waals surface area contributed by atoms with Gasteiger partial charge in [-0.25, -0.2) is 4.98 Å². The van der Waals surface area contributed by atoms with Crippen LogP contribution in [0.15, 0.2) is 23.3 Å². The van der Waals surface area contributed by atoms with E-state index in [0.717, 1.165) is 5.69 Å². The van der Waals surface area contributed by atoms with Gasteiger partial charge in [0, 0.05) is 11.9 Å². The fourth-order valence-electron chi connectivity index (χ4n) is 0.617. The van der Waals surface area contributed by atoms with Crippen molar-refractivity contribution >= 4 is 18.7 Å². The molecule has 3 nitrogen and oxygen atoms in total. The molecule has 0 aliphatic rings. The van der Waals surface area contributed by atoms with Gasteiger partial charge in [-0.3, -0.25) is 4.79 Å². The number of nitrogens with zero attached hydrogens (tertiary/aromatic N) is 1. The minimum Gasteiger partial charge on any atom is -0.326 e. The van der Waals surface area contributed by atoms with Crippen molar-refractivity contribution in [2.45, 2.75) is 0 Å². The third-order valence-electron chi connectivity index (χ3n) is 1.09. The van der Waals surface area contributed by atoms with E-state index in [1.54, 1.807) is 12.3 Å². The molecule has 0 saturated heterocycles. The highest BCUT2D eigenvalue weighted by atomic mass is 32.1.